The number of hydrogen-bond acceptors (Lipinski definition) is 4. The Hall–Kier alpha value is -2.56. The number of phenols is 2. The number of likely N-dealkylation sites (N-methyl/N-ethyl adjacent to an activating group) is 1. The number of aryl methyl sites for hydroxylation is 1. The van der Waals surface area contributed by atoms with E-state index in [4.69, 9.17) is 0 Å². The van der Waals surface area contributed by atoms with Gasteiger partial charge in [0.25, 0.3) is 0 Å². The van der Waals surface area contributed by atoms with Crippen molar-refractivity contribution in [2.24, 2.45) is 0 Å². The van der Waals surface area contributed by atoms with E-state index in [1.165, 1.54) is 23.8 Å². The summed E-state index contributed by atoms with van der Waals surface area (Å²) in [5.41, 5.74) is 3.04. The molecule has 26 heavy (non-hydrogen) atoms. The van der Waals surface area contributed by atoms with Crippen molar-refractivity contribution >= 4 is 37.9 Å². The minimum absolute atomic E-state index is 0.0513. The Morgan fingerprint density at radius 1 is 1.04 bits per heavy atom. The molecule has 0 atom stereocenters. The maximum atomic E-state index is 13.1. The van der Waals surface area contributed by atoms with E-state index in [1.807, 2.05) is 36.1 Å². The Kier molecular flexibility index (Phi) is 5.16. The summed E-state index contributed by atoms with van der Waals surface area (Å²) >= 11 is 2.99. The SMILES string of the molecule is CCc1ccc(N2C(=O)C(=Cc3cc(O)cc(O)c3)N(CC)C2=[Se])cc1. The van der Waals surface area contributed by atoms with E-state index in [-0.39, 0.29) is 17.4 Å². The second-order valence-electron chi connectivity index (χ2n) is 6.00. The first kappa shape index (κ1) is 18.2. The van der Waals surface area contributed by atoms with Gasteiger partial charge in [-0.2, -0.15) is 0 Å². The van der Waals surface area contributed by atoms with Gasteiger partial charge in [0, 0.05) is 0 Å². The number of amides is 1. The molecule has 2 aromatic carbocycles. The van der Waals surface area contributed by atoms with E-state index in [0.717, 1.165) is 12.1 Å². The summed E-state index contributed by atoms with van der Waals surface area (Å²) in [5, 5.41) is 19.4. The van der Waals surface area contributed by atoms with Gasteiger partial charge in [-0.05, 0) is 0 Å². The quantitative estimate of drug-likeness (QED) is 0.596. The van der Waals surface area contributed by atoms with Gasteiger partial charge in [-0.25, -0.2) is 0 Å². The van der Waals surface area contributed by atoms with E-state index in [1.54, 1.807) is 11.0 Å². The number of phenolic OH excluding ortho intramolecular Hbond substituents is 2. The van der Waals surface area contributed by atoms with Gasteiger partial charge in [0.05, 0.1) is 0 Å². The van der Waals surface area contributed by atoms with Crippen LogP contribution in [0.1, 0.15) is 25.0 Å². The van der Waals surface area contributed by atoms with Gasteiger partial charge in [-0.1, -0.05) is 0 Å². The molecule has 2 aromatic rings. The molecule has 1 aliphatic heterocycles. The summed E-state index contributed by atoms with van der Waals surface area (Å²) in [6, 6.07) is 12.2. The molecule has 5 nitrogen and oxygen atoms in total. The summed E-state index contributed by atoms with van der Waals surface area (Å²) in [7, 11) is 0. The number of rotatable bonds is 4. The molecule has 1 fully saturated rings. The number of carbonyl (C=O) groups excluding carboxylic acids is 1. The molecule has 0 spiro atoms. The molecular weight excluding hydrogens is 395 g/mol. The molecule has 2 N–H and O–H groups in total. The first-order valence-electron chi connectivity index (χ1n) is 8.44. The van der Waals surface area contributed by atoms with Crippen LogP contribution >= 0.6 is 0 Å². The molecule has 0 radical (unpaired) electrons. The Balaban J connectivity index is 2.02. The van der Waals surface area contributed by atoms with Gasteiger partial charge >= 0.3 is 160 Å². The molecule has 0 saturated carbocycles. The van der Waals surface area contributed by atoms with Crippen LogP contribution in [0, 0.1) is 0 Å². The molecule has 1 aliphatic rings. The zero-order chi connectivity index (χ0) is 18.8. The van der Waals surface area contributed by atoms with Crippen molar-refractivity contribution in [3.63, 3.8) is 0 Å². The second kappa shape index (κ2) is 7.36. The van der Waals surface area contributed by atoms with Crippen molar-refractivity contribution in [1.29, 1.82) is 0 Å². The van der Waals surface area contributed by atoms with Gasteiger partial charge in [0.1, 0.15) is 0 Å². The van der Waals surface area contributed by atoms with Gasteiger partial charge in [-0.15, -0.1) is 0 Å². The topological polar surface area (TPSA) is 64.0 Å². The van der Waals surface area contributed by atoms with Crippen molar-refractivity contribution in [2.75, 3.05) is 11.4 Å². The number of benzene rings is 2. The second-order valence-corrected chi connectivity index (χ2v) is 6.77. The van der Waals surface area contributed by atoms with Crippen molar-refractivity contribution < 1.29 is 15.0 Å². The first-order chi connectivity index (χ1) is 12.4. The summed E-state index contributed by atoms with van der Waals surface area (Å²) < 4.78 is 0.706. The monoisotopic (exact) mass is 416 g/mol. The van der Waals surface area contributed by atoms with Crippen molar-refractivity contribution in [2.45, 2.75) is 20.3 Å². The Bertz CT molecular complexity index is 870. The molecule has 1 amide bonds. The van der Waals surface area contributed by atoms with Gasteiger partial charge in [0.15, 0.2) is 0 Å². The summed E-state index contributed by atoms with van der Waals surface area (Å²) in [6.07, 6.45) is 2.61. The van der Waals surface area contributed by atoms with Crippen LogP contribution in [0.2, 0.25) is 0 Å². The summed E-state index contributed by atoms with van der Waals surface area (Å²) in [4.78, 5) is 16.6. The normalized spacial score (nSPS) is 16.0. The Morgan fingerprint density at radius 3 is 2.19 bits per heavy atom. The van der Waals surface area contributed by atoms with Gasteiger partial charge < -0.3 is 0 Å². The standard InChI is InChI=1S/C20H20N2O3Se/c1-3-13-5-7-15(8-6-13)22-19(25)18(21(4-2)20(22)26)11-14-9-16(23)12-17(24)10-14/h5-12,23-24H,3-4H2,1-2H3. The number of aromatic hydroxyl groups is 2. The van der Waals surface area contributed by atoms with Gasteiger partial charge in [-0.3, -0.25) is 0 Å². The molecule has 3 rings (SSSR count). The third kappa shape index (κ3) is 3.39. The zero-order valence-corrected chi connectivity index (χ0v) is 16.4. The predicted molar refractivity (Wildman–Crippen MR) is 104 cm³/mol. The first-order valence-corrected chi connectivity index (χ1v) is 9.29. The van der Waals surface area contributed by atoms with Crippen LogP contribution in [0.4, 0.5) is 5.69 Å². The molecule has 0 aliphatic carbocycles. The van der Waals surface area contributed by atoms with E-state index in [0.29, 0.717) is 22.5 Å². The minimum atomic E-state index is -0.160. The third-order valence-electron chi connectivity index (χ3n) is 4.28. The fraction of sp³-hybridized carbons (Fsp3) is 0.200. The molecule has 0 aromatic heterocycles. The van der Waals surface area contributed by atoms with Crippen molar-refractivity contribution in [1.82, 2.24) is 4.90 Å². The van der Waals surface area contributed by atoms with Crippen LogP contribution in [-0.2, 0) is 11.2 Å². The third-order valence-corrected chi connectivity index (χ3v) is 5.13. The molecule has 0 bridgehead atoms. The van der Waals surface area contributed by atoms with Crippen LogP contribution in [0.25, 0.3) is 6.08 Å². The van der Waals surface area contributed by atoms with Gasteiger partial charge in [0.2, 0.25) is 0 Å². The number of anilines is 1. The number of carbonyl (C=O) groups is 1. The van der Waals surface area contributed by atoms with Crippen LogP contribution < -0.4 is 4.90 Å². The van der Waals surface area contributed by atoms with Crippen LogP contribution in [0.15, 0.2) is 48.2 Å². The molecule has 0 unspecified atom stereocenters. The van der Waals surface area contributed by atoms with Crippen molar-refractivity contribution in [3.05, 3.63) is 59.3 Å². The van der Waals surface area contributed by atoms with E-state index in [2.05, 4.69) is 22.5 Å². The molecule has 6 heteroatoms. The molecule has 1 saturated heterocycles. The van der Waals surface area contributed by atoms with Crippen molar-refractivity contribution in [3.8, 4) is 11.5 Å². The average Bonchev–Trinajstić information content (AvgIpc) is 2.84. The Morgan fingerprint density at radius 2 is 1.65 bits per heavy atom. The van der Waals surface area contributed by atoms with Crippen LogP contribution in [-0.4, -0.2) is 47.8 Å². The maximum absolute atomic E-state index is 13.1. The molecule has 134 valence electrons. The zero-order valence-electron chi connectivity index (χ0n) is 14.6. The molecule has 1 heterocycles. The average molecular weight is 415 g/mol. The molecular formula is C20H20N2O3Se. The summed E-state index contributed by atoms with van der Waals surface area (Å²) in [5.74, 6) is -0.262. The predicted octanol–water partition coefficient (Wildman–Crippen LogP) is 2.63. The van der Waals surface area contributed by atoms with E-state index < -0.39 is 0 Å². The summed E-state index contributed by atoms with van der Waals surface area (Å²) in [6.45, 7) is 4.65. The van der Waals surface area contributed by atoms with Crippen LogP contribution in [0.5, 0.6) is 11.5 Å². The number of nitrogens with zero attached hydrogens (tertiary/aromatic N) is 2. The van der Waals surface area contributed by atoms with E-state index >= 15 is 0 Å². The number of hydrogen-bond donors (Lipinski definition) is 2. The fourth-order valence-electron chi connectivity index (χ4n) is 2.95. The Labute approximate surface area is 160 Å². The van der Waals surface area contributed by atoms with E-state index in [9.17, 15) is 15.0 Å². The fourth-order valence-corrected chi connectivity index (χ4v) is 3.83. The van der Waals surface area contributed by atoms with Crippen LogP contribution in [0.3, 0.4) is 0 Å².